The van der Waals surface area contributed by atoms with Crippen LogP contribution in [0.15, 0.2) is 18.3 Å². The van der Waals surface area contributed by atoms with Crippen molar-refractivity contribution >= 4 is 18.7 Å². The maximum Gasteiger partial charge on any atom is 0.496 e. The molecule has 0 unspecified atom stereocenters. The molecule has 1 aliphatic carbocycles. The topological polar surface area (TPSA) is 78.9 Å². The highest BCUT2D eigenvalue weighted by Gasteiger charge is 2.51. The molecule has 1 N–H and O–H groups in total. The van der Waals surface area contributed by atoms with Crippen molar-refractivity contribution in [2.75, 3.05) is 0 Å². The van der Waals surface area contributed by atoms with E-state index in [0.717, 1.165) is 18.3 Å². The van der Waals surface area contributed by atoms with Crippen LogP contribution in [0.3, 0.4) is 0 Å². The van der Waals surface area contributed by atoms with Crippen molar-refractivity contribution in [2.45, 2.75) is 90.3 Å². The van der Waals surface area contributed by atoms with Gasteiger partial charge >= 0.3 is 13.2 Å². The number of alkyl carbamates (subject to hydrolysis) is 1. The van der Waals surface area contributed by atoms with E-state index in [1.807, 2.05) is 60.6 Å². The van der Waals surface area contributed by atoms with Crippen LogP contribution in [0, 0.1) is 0 Å². The SMILES string of the molecule is CC(C)(C)OC(=O)N[C@H]1C[C@@H](Oc2ccc(B3OC(C)(C)C(C)(C)O3)cn2)C1. The summed E-state index contributed by atoms with van der Waals surface area (Å²) >= 11 is 0. The van der Waals surface area contributed by atoms with Gasteiger partial charge in [0, 0.05) is 30.5 Å². The van der Waals surface area contributed by atoms with E-state index < -0.39 is 12.7 Å². The number of rotatable bonds is 4. The lowest BCUT2D eigenvalue weighted by molar-refractivity contribution is 0.00578. The lowest BCUT2D eigenvalue weighted by Gasteiger charge is -2.35. The Bertz CT molecular complexity index is 692. The van der Waals surface area contributed by atoms with Crippen LogP contribution in [0.2, 0.25) is 0 Å². The van der Waals surface area contributed by atoms with Crippen LogP contribution in [0.1, 0.15) is 61.3 Å². The molecule has 0 radical (unpaired) electrons. The Kier molecular flexibility index (Phi) is 5.40. The number of nitrogens with zero attached hydrogens (tertiary/aromatic N) is 1. The lowest BCUT2D eigenvalue weighted by atomic mass is 9.80. The summed E-state index contributed by atoms with van der Waals surface area (Å²) in [5, 5.41) is 2.86. The summed E-state index contributed by atoms with van der Waals surface area (Å²) in [7, 11) is -0.433. The first-order valence-electron chi connectivity index (χ1n) is 9.82. The van der Waals surface area contributed by atoms with Gasteiger partial charge in [-0.05, 0) is 54.5 Å². The molecule has 1 aromatic rings. The van der Waals surface area contributed by atoms with Gasteiger partial charge in [0.2, 0.25) is 5.88 Å². The van der Waals surface area contributed by atoms with E-state index in [-0.39, 0.29) is 29.4 Å². The van der Waals surface area contributed by atoms with Crippen LogP contribution >= 0.6 is 0 Å². The van der Waals surface area contributed by atoms with Crippen LogP contribution < -0.4 is 15.5 Å². The average molecular weight is 390 g/mol. The van der Waals surface area contributed by atoms with Gasteiger partial charge in [-0.25, -0.2) is 9.78 Å². The van der Waals surface area contributed by atoms with E-state index in [1.165, 1.54) is 0 Å². The Morgan fingerprint density at radius 2 is 1.79 bits per heavy atom. The molecule has 2 aliphatic rings. The van der Waals surface area contributed by atoms with Crippen LogP contribution in [0.25, 0.3) is 0 Å². The van der Waals surface area contributed by atoms with Crippen molar-refractivity contribution in [1.29, 1.82) is 0 Å². The van der Waals surface area contributed by atoms with Gasteiger partial charge in [0.25, 0.3) is 0 Å². The minimum atomic E-state index is -0.493. The molecule has 1 saturated heterocycles. The van der Waals surface area contributed by atoms with Gasteiger partial charge < -0.3 is 24.1 Å². The second-order valence-corrected chi connectivity index (χ2v) is 9.57. The standard InChI is InChI=1S/C20H31BN2O5/c1-18(2,3)26-17(24)23-14-10-15(11-14)25-16-9-8-13(12-22-16)21-27-19(4,5)20(6,7)28-21/h8-9,12,14-15H,10-11H2,1-7H3,(H,23,24)/t14-,15+. The number of ether oxygens (including phenoxy) is 2. The van der Waals surface area contributed by atoms with Crippen molar-refractivity contribution in [2.24, 2.45) is 0 Å². The molecule has 1 aliphatic heterocycles. The molecule has 8 heteroatoms. The molecule has 1 amide bonds. The zero-order valence-electron chi connectivity index (χ0n) is 17.9. The Morgan fingerprint density at radius 1 is 1.18 bits per heavy atom. The highest BCUT2D eigenvalue weighted by molar-refractivity contribution is 6.62. The molecule has 7 nitrogen and oxygen atoms in total. The molecule has 154 valence electrons. The summed E-state index contributed by atoms with van der Waals surface area (Å²) in [4.78, 5) is 16.2. The molecule has 1 saturated carbocycles. The Morgan fingerprint density at radius 3 is 2.29 bits per heavy atom. The van der Waals surface area contributed by atoms with Crippen LogP contribution in [0.4, 0.5) is 4.79 Å². The maximum absolute atomic E-state index is 11.8. The lowest BCUT2D eigenvalue weighted by Crippen LogP contribution is -2.50. The van der Waals surface area contributed by atoms with E-state index in [9.17, 15) is 4.79 Å². The molecule has 1 aromatic heterocycles. The third-order valence-electron chi connectivity index (χ3n) is 5.39. The predicted molar refractivity (Wildman–Crippen MR) is 107 cm³/mol. The third kappa shape index (κ3) is 4.78. The normalized spacial score (nSPS) is 25.8. The monoisotopic (exact) mass is 390 g/mol. The summed E-state index contributed by atoms with van der Waals surface area (Å²) < 4.78 is 23.2. The summed E-state index contributed by atoms with van der Waals surface area (Å²) in [6, 6.07) is 3.82. The minimum absolute atomic E-state index is 0.0372. The highest BCUT2D eigenvalue weighted by Crippen LogP contribution is 2.36. The molecule has 2 heterocycles. The van der Waals surface area contributed by atoms with Crippen LogP contribution in [0.5, 0.6) is 5.88 Å². The number of hydrogen-bond donors (Lipinski definition) is 1. The van der Waals surface area contributed by atoms with Crippen molar-refractivity contribution in [3.63, 3.8) is 0 Å². The molecule has 0 aromatic carbocycles. The van der Waals surface area contributed by atoms with Gasteiger partial charge in [0.15, 0.2) is 0 Å². The van der Waals surface area contributed by atoms with Crippen molar-refractivity contribution in [3.8, 4) is 5.88 Å². The maximum atomic E-state index is 11.8. The van der Waals surface area contributed by atoms with Gasteiger partial charge in [0.1, 0.15) is 11.7 Å². The fourth-order valence-electron chi connectivity index (χ4n) is 3.00. The first-order valence-corrected chi connectivity index (χ1v) is 9.82. The second kappa shape index (κ2) is 7.23. The number of hydrogen-bond acceptors (Lipinski definition) is 6. The highest BCUT2D eigenvalue weighted by atomic mass is 16.7. The first kappa shape index (κ1) is 20.9. The summed E-state index contributed by atoms with van der Waals surface area (Å²) in [6.07, 6.45) is 2.85. The number of nitrogens with one attached hydrogen (secondary N) is 1. The number of amides is 1. The molecule has 2 fully saturated rings. The summed E-state index contributed by atoms with van der Waals surface area (Å²) in [6.45, 7) is 13.6. The van der Waals surface area contributed by atoms with E-state index in [1.54, 1.807) is 6.20 Å². The minimum Gasteiger partial charge on any atom is -0.474 e. The van der Waals surface area contributed by atoms with Crippen molar-refractivity contribution < 1.29 is 23.6 Å². The van der Waals surface area contributed by atoms with Gasteiger partial charge in [-0.1, -0.05) is 6.07 Å². The first-order chi connectivity index (χ1) is 12.8. The van der Waals surface area contributed by atoms with Crippen molar-refractivity contribution in [3.05, 3.63) is 18.3 Å². The van der Waals surface area contributed by atoms with Gasteiger partial charge in [-0.15, -0.1) is 0 Å². The molecule has 28 heavy (non-hydrogen) atoms. The summed E-state index contributed by atoms with van der Waals surface area (Å²) in [5.74, 6) is 0.556. The van der Waals surface area contributed by atoms with Crippen LogP contribution in [-0.2, 0) is 14.0 Å². The van der Waals surface area contributed by atoms with Gasteiger partial charge in [0.05, 0.1) is 11.2 Å². The molecule has 0 atom stereocenters. The van der Waals surface area contributed by atoms with Gasteiger partial charge in [-0.3, -0.25) is 0 Å². The van der Waals surface area contributed by atoms with E-state index in [4.69, 9.17) is 18.8 Å². The number of aromatic nitrogens is 1. The second-order valence-electron chi connectivity index (χ2n) is 9.57. The van der Waals surface area contributed by atoms with E-state index in [2.05, 4.69) is 10.3 Å². The molecule has 0 spiro atoms. The predicted octanol–water partition coefficient (Wildman–Crippen LogP) is 2.82. The van der Waals surface area contributed by atoms with E-state index in [0.29, 0.717) is 5.88 Å². The number of carbonyl (C=O) groups excluding carboxylic acids is 1. The summed E-state index contributed by atoms with van der Waals surface area (Å²) in [5.41, 5.74) is -0.389. The van der Waals surface area contributed by atoms with Crippen LogP contribution in [-0.4, -0.2) is 47.1 Å². The quantitative estimate of drug-likeness (QED) is 0.797. The van der Waals surface area contributed by atoms with Gasteiger partial charge in [-0.2, -0.15) is 0 Å². The fourth-order valence-corrected chi connectivity index (χ4v) is 3.00. The number of carbonyl (C=O) groups is 1. The van der Waals surface area contributed by atoms with E-state index >= 15 is 0 Å². The molecular weight excluding hydrogens is 359 g/mol. The average Bonchev–Trinajstić information content (AvgIpc) is 2.72. The molecular formula is C20H31BN2O5. The Hall–Kier alpha value is -1.80. The molecule has 0 bridgehead atoms. The fraction of sp³-hybridized carbons (Fsp3) is 0.700. The molecule has 3 rings (SSSR count). The largest absolute Gasteiger partial charge is 0.496 e. The van der Waals surface area contributed by atoms with Crippen molar-refractivity contribution in [1.82, 2.24) is 10.3 Å². The third-order valence-corrected chi connectivity index (χ3v) is 5.39. The Balaban J connectivity index is 1.46. The number of pyridine rings is 1. The zero-order valence-corrected chi connectivity index (χ0v) is 17.9. The zero-order chi connectivity index (χ0) is 20.7. The Labute approximate surface area is 167 Å². The smallest absolute Gasteiger partial charge is 0.474 e.